The molecule has 0 radical (unpaired) electrons. The summed E-state index contributed by atoms with van der Waals surface area (Å²) < 4.78 is 0. The second-order valence-electron chi connectivity index (χ2n) is 6.16. The molecule has 0 atom stereocenters. The Labute approximate surface area is 126 Å². The van der Waals surface area contributed by atoms with Crippen molar-refractivity contribution < 1.29 is 0 Å². The molecular formula is C18H23N3. The molecule has 2 aliphatic rings. The van der Waals surface area contributed by atoms with Gasteiger partial charge in [-0.05, 0) is 56.0 Å². The molecule has 0 unspecified atom stereocenters. The van der Waals surface area contributed by atoms with E-state index in [1.807, 2.05) is 0 Å². The highest BCUT2D eigenvalue weighted by atomic mass is 15.1. The summed E-state index contributed by atoms with van der Waals surface area (Å²) >= 11 is 0. The second-order valence-corrected chi connectivity index (χ2v) is 6.16. The number of nitrogens with zero attached hydrogens (tertiary/aromatic N) is 1. The third-order valence-electron chi connectivity index (χ3n) is 4.80. The van der Waals surface area contributed by atoms with E-state index in [0.717, 1.165) is 19.5 Å². The SMILES string of the molecule is C1=C(c2c[nH]c3ccc(N4CCCCC4)cc23)CCNC1. The van der Waals surface area contributed by atoms with E-state index in [9.17, 15) is 0 Å². The maximum absolute atomic E-state index is 3.44. The van der Waals surface area contributed by atoms with Crippen molar-refractivity contribution in [1.29, 1.82) is 0 Å². The minimum atomic E-state index is 0.994. The maximum Gasteiger partial charge on any atom is 0.0461 e. The Morgan fingerprint density at radius 1 is 1.05 bits per heavy atom. The molecule has 1 fully saturated rings. The number of anilines is 1. The normalized spacial score (nSPS) is 19.8. The summed E-state index contributed by atoms with van der Waals surface area (Å²) in [7, 11) is 0. The number of aromatic amines is 1. The highest BCUT2D eigenvalue weighted by molar-refractivity contribution is 5.94. The number of aromatic nitrogens is 1. The van der Waals surface area contributed by atoms with E-state index in [1.54, 1.807) is 0 Å². The van der Waals surface area contributed by atoms with Crippen LogP contribution < -0.4 is 10.2 Å². The van der Waals surface area contributed by atoms with Gasteiger partial charge in [-0.2, -0.15) is 0 Å². The third-order valence-corrected chi connectivity index (χ3v) is 4.80. The lowest BCUT2D eigenvalue weighted by Crippen LogP contribution is -2.29. The van der Waals surface area contributed by atoms with E-state index in [-0.39, 0.29) is 0 Å². The van der Waals surface area contributed by atoms with Crippen LogP contribution in [0.3, 0.4) is 0 Å². The first-order valence-corrected chi connectivity index (χ1v) is 8.18. The molecule has 2 aliphatic heterocycles. The van der Waals surface area contributed by atoms with Crippen LogP contribution in [0.4, 0.5) is 5.69 Å². The van der Waals surface area contributed by atoms with Crippen molar-refractivity contribution in [2.24, 2.45) is 0 Å². The van der Waals surface area contributed by atoms with E-state index in [2.05, 4.69) is 45.7 Å². The van der Waals surface area contributed by atoms with Gasteiger partial charge in [-0.1, -0.05) is 6.08 Å². The van der Waals surface area contributed by atoms with Crippen LogP contribution in [0.25, 0.3) is 16.5 Å². The van der Waals surface area contributed by atoms with Crippen LogP contribution in [0.2, 0.25) is 0 Å². The van der Waals surface area contributed by atoms with Gasteiger partial charge >= 0.3 is 0 Å². The van der Waals surface area contributed by atoms with Crippen LogP contribution in [0.15, 0.2) is 30.5 Å². The quantitative estimate of drug-likeness (QED) is 0.882. The van der Waals surface area contributed by atoms with Gasteiger partial charge < -0.3 is 15.2 Å². The summed E-state index contributed by atoms with van der Waals surface area (Å²) in [6, 6.07) is 6.89. The van der Waals surface area contributed by atoms with Gasteiger partial charge in [-0.3, -0.25) is 0 Å². The molecule has 0 bridgehead atoms. The number of fused-ring (bicyclic) bond motifs is 1. The minimum absolute atomic E-state index is 0.994. The van der Waals surface area contributed by atoms with Crippen molar-refractivity contribution in [3.63, 3.8) is 0 Å². The Kier molecular flexibility index (Phi) is 3.44. The van der Waals surface area contributed by atoms with Crippen molar-refractivity contribution in [2.45, 2.75) is 25.7 Å². The third kappa shape index (κ3) is 2.46. The highest BCUT2D eigenvalue weighted by Crippen LogP contribution is 2.31. The van der Waals surface area contributed by atoms with Crippen molar-refractivity contribution in [3.05, 3.63) is 36.0 Å². The van der Waals surface area contributed by atoms with E-state index in [0.29, 0.717) is 0 Å². The number of piperidine rings is 1. The van der Waals surface area contributed by atoms with Crippen LogP contribution in [0.5, 0.6) is 0 Å². The molecule has 3 heteroatoms. The number of nitrogens with one attached hydrogen (secondary N) is 2. The first kappa shape index (κ1) is 13.0. The van der Waals surface area contributed by atoms with Crippen LogP contribution in [-0.2, 0) is 0 Å². The summed E-state index contributed by atoms with van der Waals surface area (Å²) in [6.07, 6.45) is 9.68. The average Bonchev–Trinajstić information content (AvgIpc) is 2.99. The number of benzene rings is 1. The standard InChI is InChI=1S/C18H23N3/c1-2-10-21(11-3-1)15-4-5-18-16(12-15)17(13-20-18)14-6-8-19-9-7-14/h4-6,12-13,19-20H,1-3,7-11H2. The summed E-state index contributed by atoms with van der Waals surface area (Å²) in [5, 5.41) is 4.77. The fourth-order valence-corrected chi connectivity index (χ4v) is 3.59. The monoisotopic (exact) mass is 281 g/mol. The summed E-state index contributed by atoms with van der Waals surface area (Å²) in [5.41, 5.74) is 5.52. The highest BCUT2D eigenvalue weighted by Gasteiger charge is 2.14. The molecule has 2 aromatic rings. The smallest absolute Gasteiger partial charge is 0.0461 e. The molecule has 4 rings (SSSR count). The van der Waals surface area contributed by atoms with E-state index in [4.69, 9.17) is 0 Å². The Morgan fingerprint density at radius 2 is 1.95 bits per heavy atom. The fraction of sp³-hybridized carbons (Fsp3) is 0.444. The van der Waals surface area contributed by atoms with Gasteiger partial charge in [-0.15, -0.1) is 0 Å². The minimum Gasteiger partial charge on any atom is -0.372 e. The van der Waals surface area contributed by atoms with Crippen LogP contribution >= 0.6 is 0 Å². The molecule has 21 heavy (non-hydrogen) atoms. The van der Waals surface area contributed by atoms with Crippen molar-refractivity contribution in [1.82, 2.24) is 10.3 Å². The van der Waals surface area contributed by atoms with E-state index >= 15 is 0 Å². The molecule has 0 amide bonds. The second kappa shape index (κ2) is 5.57. The van der Waals surface area contributed by atoms with Crippen LogP contribution in [-0.4, -0.2) is 31.2 Å². The lowest BCUT2D eigenvalue weighted by molar-refractivity contribution is 0.578. The first-order chi connectivity index (χ1) is 10.4. The first-order valence-electron chi connectivity index (χ1n) is 8.18. The molecule has 1 aromatic carbocycles. The summed E-state index contributed by atoms with van der Waals surface area (Å²) in [6.45, 7) is 4.49. The zero-order chi connectivity index (χ0) is 14.1. The van der Waals surface area contributed by atoms with E-state index < -0.39 is 0 Å². The Morgan fingerprint density at radius 3 is 2.76 bits per heavy atom. The molecule has 0 saturated carbocycles. The maximum atomic E-state index is 3.44. The van der Waals surface area contributed by atoms with E-state index in [1.165, 1.54) is 60.1 Å². The molecule has 1 saturated heterocycles. The number of H-pyrrole nitrogens is 1. The predicted molar refractivity (Wildman–Crippen MR) is 89.8 cm³/mol. The number of hydrogen-bond donors (Lipinski definition) is 2. The van der Waals surface area contributed by atoms with Crippen molar-refractivity contribution in [3.8, 4) is 0 Å². The molecule has 2 N–H and O–H groups in total. The van der Waals surface area contributed by atoms with Gasteiger partial charge in [0.05, 0.1) is 0 Å². The molecule has 110 valence electrons. The zero-order valence-corrected chi connectivity index (χ0v) is 12.5. The predicted octanol–water partition coefficient (Wildman–Crippen LogP) is 3.53. The van der Waals surface area contributed by atoms with Gasteiger partial charge in [0.25, 0.3) is 0 Å². The molecule has 3 heterocycles. The van der Waals surface area contributed by atoms with Gasteiger partial charge in [0.1, 0.15) is 0 Å². The van der Waals surface area contributed by atoms with Crippen LogP contribution in [0.1, 0.15) is 31.2 Å². The lowest BCUT2D eigenvalue weighted by Gasteiger charge is -2.29. The topological polar surface area (TPSA) is 31.1 Å². The van der Waals surface area contributed by atoms with Gasteiger partial charge in [0.2, 0.25) is 0 Å². The summed E-state index contributed by atoms with van der Waals surface area (Å²) in [4.78, 5) is 5.97. The molecule has 3 nitrogen and oxygen atoms in total. The van der Waals surface area contributed by atoms with Crippen molar-refractivity contribution in [2.75, 3.05) is 31.1 Å². The molecular weight excluding hydrogens is 258 g/mol. The molecule has 1 aromatic heterocycles. The summed E-state index contributed by atoms with van der Waals surface area (Å²) in [5.74, 6) is 0. The Hall–Kier alpha value is -1.74. The Bertz CT molecular complexity index is 662. The van der Waals surface area contributed by atoms with Crippen molar-refractivity contribution >= 4 is 22.2 Å². The zero-order valence-electron chi connectivity index (χ0n) is 12.5. The van der Waals surface area contributed by atoms with Gasteiger partial charge in [-0.25, -0.2) is 0 Å². The fourth-order valence-electron chi connectivity index (χ4n) is 3.59. The molecule has 0 spiro atoms. The lowest BCUT2D eigenvalue weighted by atomic mass is 9.99. The number of hydrogen-bond acceptors (Lipinski definition) is 2. The van der Waals surface area contributed by atoms with Gasteiger partial charge in [0, 0.05) is 48.0 Å². The van der Waals surface area contributed by atoms with Gasteiger partial charge in [0.15, 0.2) is 0 Å². The molecule has 0 aliphatic carbocycles. The van der Waals surface area contributed by atoms with Crippen LogP contribution in [0, 0.1) is 0 Å². The largest absolute Gasteiger partial charge is 0.372 e. The average molecular weight is 281 g/mol. The Balaban J connectivity index is 1.73. The number of rotatable bonds is 2.